The second-order valence-corrected chi connectivity index (χ2v) is 6.69. The fourth-order valence-electron chi connectivity index (χ4n) is 3.66. The van der Waals surface area contributed by atoms with Crippen LogP contribution in [0, 0.1) is 5.82 Å². The molecular formula is C18H23FN2O3. The second kappa shape index (κ2) is 6.89. The lowest BCUT2D eigenvalue weighted by Crippen LogP contribution is -2.37. The molecule has 3 rings (SSSR count). The predicted octanol–water partition coefficient (Wildman–Crippen LogP) is 2.33. The average Bonchev–Trinajstić information content (AvgIpc) is 3.15. The fraction of sp³-hybridized carbons (Fsp3) is 0.556. The number of amides is 2. The summed E-state index contributed by atoms with van der Waals surface area (Å²) < 4.78 is 14.2. The van der Waals surface area contributed by atoms with Crippen molar-refractivity contribution in [2.24, 2.45) is 0 Å². The number of hydrogen-bond donors (Lipinski definition) is 1. The van der Waals surface area contributed by atoms with Gasteiger partial charge >= 0.3 is 0 Å². The Morgan fingerprint density at radius 3 is 2.83 bits per heavy atom. The Balaban J connectivity index is 1.85. The van der Waals surface area contributed by atoms with Crippen molar-refractivity contribution in [3.63, 3.8) is 0 Å². The van der Waals surface area contributed by atoms with Gasteiger partial charge in [0.1, 0.15) is 5.82 Å². The highest BCUT2D eigenvalue weighted by molar-refractivity contribution is 5.99. The molecule has 1 aromatic carbocycles. The molecule has 2 aliphatic rings. The first-order valence-corrected chi connectivity index (χ1v) is 8.56. The van der Waals surface area contributed by atoms with Gasteiger partial charge in [0.05, 0.1) is 11.7 Å². The van der Waals surface area contributed by atoms with Gasteiger partial charge in [-0.05, 0) is 50.8 Å². The summed E-state index contributed by atoms with van der Waals surface area (Å²) in [4.78, 5) is 27.9. The summed E-state index contributed by atoms with van der Waals surface area (Å²) in [5.74, 6) is -0.921. The van der Waals surface area contributed by atoms with Gasteiger partial charge < -0.3 is 14.9 Å². The topological polar surface area (TPSA) is 60.9 Å². The van der Waals surface area contributed by atoms with Crippen molar-refractivity contribution in [3.05, 3.63) is 29.6 Å². The van der Waals surface area contributed by atoms with Crippen LogP contribution in [0.4, 0.5) is 10.1 Å². The standard InChI is InChI=1S/C18H23FN2O3/c1-12(22)10-13-4-2-9-21(13)18(24)15-11-14(6-7-16(15)19)20-8-3-5-17(20)23/h6-7,11-13,22H,2-5,8-10H2,1H3. The van der Waals surface area contributed by atoms with Crippen LogP contribution in [-0.2, 0) is 4.79 Å². The maximum Gasteiger partial charge on any atom is 0.257 e. The highest BCUT2D eigenvalue weighted by Gasteiger charge is 2.32. The third-order valence-electron chi connectivity index (χ3n) is 4.82. The van der Waals surface area contributed by atoms with Gasteiger partial charge in [0.15, 0.2) is 0 Å². The lowest BCUT2D eigenvalue weighted by molar-refractivity contribution is -0.117. The van der Waals surface area contributed by atoms with Crippen LogP contribution in [0.15, 0.2) is 18.2 Å². The van der Waals surface area contributed by atoms with Crippen LogP contribution in [-0.4, -0.2) is 47.1 Å². The van der Waals surface area contributed by atoms with Crippen molar-refractivity contribution in [1.29, 1.82) is 0 Å². The molecule has 0 bridgehead atoms. The van der Waals surface area contributed by atoms with Gasteiger partial charge in [-0.1, -0.05) is 0 Å². The summed E-state index contributed by atoms with van der Waals surface area (Å²) >= 11 is 0. The van der Waals surface area contributed by atoms with Crippen LogP contribution in [0.3, 0.4) is 0 Å². The zero-order chi connectivity index (χ0) is 17.3. The molecule has 2 unspecified atom stereocenters. The van der Waals surface area contributed by atoms with Crippen LogP contribution in [0.25, 0.3) is 0 Å². The van der Waals surface area contributed by atoms with Crippen LogP contribution < -0.4 is 4.90 Å². The number of aliphatic hydroxyl groups excluding tert-OH is 1. The number of nitrogens with zero attached hydrogens (tertiary/aromatic N) is 2. The molecular weight excluding hydrogens is 311 g/mol. The molecule has 2 saturated heterocycles. The number of aliphatic hydroxyl groups is 1. The lowest BCUT2D eigenvalue weighted by Gasteiger charge is -2.26. The molecule has 24 heavy (non-hydrogen) atoms. The van der Waals surface area contributed by atoms with Gasteiger partial charge in [-0.15, -0.1) is 0 Å². The number of carbonyl (C=O) groups excluding carboxylic acids is 2. The number of carbonyl (C=O) groups is 2. The Bertz CT molecular complexity index is 647. The SMILES string of the molecule is CC(O)CC1CCCN1C(=O)c1cc(N2CCCC2=O)ccc1F. The normalized spacial score (nSPS) is 22.3. The second-order valence-electron chi connectivity index (χ2n) is 6.69. The fourth-order valence-corrected chi connectivity index (χ4v) is 3.66. The van der Waals surface area contributed by atoms with Crippen LogP contribution in [0.5, 0.6) is 0 Å². The number of benzene rings is 1. The summed E-state index contributed by atoms with van der Waals surface area (Å²) in [6.45, 7) is 2.87. The first-order chi connectivity index (χ1) is 11.5. The third-order valence-corrected chi connectivity index (χ3v) is 4.82. The average molecular weight is 334 g/mol. The molecule has 2 heterocycles. The highest BCUT2D eigenvalue weighted by atomic mass is 19.1. The van der Waals surface area contributed by atoms with E-state index in [1.807, 2.05) is 0 Å². The minimum absolute atomic E-state index is 0.00435. The molecule has 2 amide bonds. The largest absolute Gasteiger partial charge is 0.393 e. The Hall–Kier alpha value is -1.95. The van der Waals surface area contributed by atoms with Gasteiger partial charge in [-0.3, -0.25) is 9.59 Å². The van der Waals surface area contributed by atoms with Gasteiger partial charge in [-0.25, -0.2) is 4.39 Å². The van der Waals surface area contributed by atoms with Crippen molar-refractivity contribution in [3.8, 4) is 0 Å². The van der Waals surface area contributed by atoms with E-state index in [9.17, 15) is 19.1 Å². The Morgan fingerprint density at radius 2 is 2.17 bits per heavy atom. The summed E-state index contributed by atoms with van der Waals surface area (Å²) in [5, 5.41) is 9.60. The van der Waals surface area contributed by atoms with E-state index in [1.165, 1.54) is 12.1 Å². The molecule has 6 heteroatoms. The van der Waals surface area contributed by atoms with E-state index in [4.69, 9.17) is 0 Å². The first-order valence-electron chi connectivity index (χ1n) is 8.56. The van der Waals surface area contributed by atoms with Gasteiger partial charge in [0.2, 0.25) is 5.91 Å². The molecule has 2 aliphatic heterocycles. The van der Waals surface area contributed by atoms with E-state index in [0.717, 1.165) is 19.3 Å². The minimum Gasteiger partial charge on any atom is -0.393 e. The van der Waals surface area contributed by atoms with E-state index in [0.29, 0.717) is 31.6 Å². The maximum atomic E-state index is 14.2. The van der Waals surface area contributed by atoms with E-state index in [2.05, 4.69) is 0 Å². The summed E-state index contributed by atoms with van der Waals surface area (Å²) in [7, 11) is 0. The van der Waals surface area contributed by atoms with Crippen molar-refractivity contribution in [2.75, 3.05) is 18.0 Å². The number of likely N-dealkylation sites (tertiary alicyclic amines) is 1. The van der Waals surface area contributed by atoms with Crippen molar-refractivity contribution >= 4 is 17.5 Å². The first kappa shape index (κ1) is 16.9. The molecule has 0 saturated carbocycles. The lowest BCUT2D eigenvalue weighted by atomic mass is 10.1. The van der Waals surface area contributed by atoms with Crippen LogP contribution in [0.1, 0.15) is 49.4 Å². The quantitative estimate of drug-likeness (QED) is 0.919. The molecule has 0 spiro atoms. The number of hydrogen-bond acceptors (Lipinski definition) is 3. The van der Waals surface area contributed by atoms with Crippen LogP contribution in [0.2, 0.25) is 0 Å². The molecule has 130 valence electrons. The van der Waals surface area contributed by atoms with Gasteiger partial charge in [0.25, 0.3) is 5.91 Å². The molecule has 5 nitrogen and oxygen atoms in total. The molecule has 0 aliphatic carbocycles. The number of rotatable bonds is 4. The molecule has 0 aromatic heterocycles. The van der Waals surface area contributed by atoms with Crippen molar-refractivity contribution < 1.29 is 19.1 Å². The van der Waals surface area contributed by atoms with Crippen LogP contribution >= 0.6 is 0 Å². The maximum absolute atomic E-state index is 14.2. The van der Waals surface area contributed by atoms with E-state index < -0.39 is 11.9 Å². The Labute approximate surface area is 141 Å². The Kier molecular flexibility index (Phi) is 4.85. The zero-order valence-electron chi connectivity index (χ0n) is 13.9. The van der Waals surface area contributed by atoms with E-state index in [-0.39, 0.29) is 23.4 Å². The van der Waals surface area contributed by atoms with Gasteiger partial charge in [-0.2, -0.15) is 0 Å². The third kappa shape index (κ3) is 3.29. The Morgan fingerprint density at radius 1 is 1.38 bits per heavy atom. The smallest absolute Gasteiger partial charge is 0.257 e. The zero-order valence-corrected chi connectivity index (χ0v) is 13.9. The molecule has 2 atom stereocenters. The molecule has 1 N–H and O–H groups in total. The predicted molar refractivity (Wildman–Crippen MR) is 88.3 cm³/mol. The van der Waals surface area contributed by atoms with Gasteiger partial charge in [0, 0.05) is 31.2 Å². The van der Waals surface area contributed by atoms with E-state index >= 15 is 0 Å². The van der Waals surface area contributed by atoms with Crippen molar-refractivity contribution in [1.82, 2.24) is 4.90 Å². The monoisotopic (exact) mass is 334 g/mol. The molecule has 2 fully saturated rings. The van der Waals surface area contributed by atoms with E-state index in [1.54, 1.807) is 22.8 Å². The molecule has 1 aromatic rings. The number of anilines is 1. The minimum atomic E-state index is -0.571. The summed E-state index contributed by atoms with van der Waals surface area (Å²) in [6, 6.07) is 4.23. The summed E-state index contributed by atoms with van der Waals surface area (Å²) in [5.41, 5.74) is 0.582. The molecule has 0 radical (unpaired) electrons. The summed E-state index contributed by atoms with van der Waals surface area (Å²) in [6.07, 6.45) is 2.95. The van der Waals surface area contributed by atoms with Crippen molar-refractivity contribution in [2.45, 2.75) is 51.2 Å². The number of halogens is 1. The highest BCUT2D eigenvalue weighted by Crippen LogP contribution is 2.28.